The molecule has 0 fully saturated rings. The van der Waals surface area contributed by atoms with Gasteiger partial charge in [0, 0.05) is 12.4 Å². The molecule has 0 atom stereocenters. The van der Waals surface area contributed by atoms with Gasteiger partial charge in [-0.1, -0.05) is 12.1 Å². The summed E-state index contributed by atoms with van der Waals surface area (Å²) in [4.78, 5) is 25.4. The number of fused-ring (bicyclic) bond motifs is 1. The van der Waals surface area contributed by atoms with Crippen LogP contribution in [0.1, 0.15) is 11.7 Å². The molecule has 3 aromatic heterocycles. The highest BCUT2D eigenvalue weighted by molar-refractivity contribution is 5.77. The van der Waals surface area contributed by atoms with E-state index in [1.165, 1.54) is 0 Å². The van der Waals surface area contributed by atoms with Crippen molar-refractivity contribution in [3.63, 3.8) is 0 Å². The fraction of sp³-hybridized carbons (Fsp3) is 0.167. The van der Waals surface area contributed by atoms with Crippen molar-refractivity contribution >= 4 is 10.9 Å². The van der Waals surface area contributed by atoms with Crippen LogP contribution in [0.3, 0.4) is 0 Å². The van der Waals surface area contributed by atoms with Gasteiger partial charge in [-0.25, -0.2) is 4.98 Å². The highest BCUT2D eigenvalue weighted by Gasteiger charge is 2.12. The quantitative estimate of drug-likeness (QED) is 0.588. The van der Waals surface area contributed by atoms with Crippen LogP contribution in [0.5, 0.6) is 0 Å². The Balaban J connectivity index is 1.48. The van der Waals surface area contributed by atoms with Crippen molar-refractivity contribution in [1.82, 2.24) is 30.0 Å². The van der Waals surface area contributed by atoms with Crippen LogP contribution in [0.4, 0.5) is 0 Å². The number of benzene rings is 1. The summed E-state index contributed by atoms with van der Waals surface area (Å²) >= 11 is 0. The van der Waals surface area contributed by atoms with Crippen molar-refractivity contribution in [3.8, 4) is 11.5 Å². The number of hydrogen-bond donors (Lipinski definition) is 1. The first-order valence-corrected chi connectivity index (χ1v) is 8.08. The molecule has 8 heteroatoms. The Morgan fingerprint density at radius 1 is 1.12 bits per heavy atom. The van der Waals surface area contributed by atoms with Crippen molar-refractivity contribution in [2.24, 2.45) is 0 Å². The monoisotopic (exact) mass is 348 g/mol. The number of H-pyrrole nitrogens is 1. The number of nitrogens with zero attached hydrogens (tertiary/aromatic N) is 5. The molecule has 8 nitrogen and oxygen atoms in total. The lowest BCUT2D eigenvalue weighted by Gasteiger charge is -2.13. The smallest absolute Gasteiger partial charge is 0.258 e. The van der Waals surface area contributed by atoms with E-state index in [1.807, 2.05) is 42.3 Å². The van der Waals surface area contributed by atoms with Crippen LogP contribution in [0.15, 0.2) is 58.0 Å². The van der Waals surface area contributed by atoms with Gasteiger partial charge in [-0.2, -0.15) is 0 Å². The van der Waals surface area contributed by atoms with E-state index < -0.39 is 0 Å². The zero-order valence-corrected chi connectivity index (χ0v) is 14.1. The van der Waals surface area contributed by atoms with Crippen LogP contribution in [0, 0.1) is 0 Å². The van der Waals surface area contributed by atoms with E-state index in [4.69, 9.17) is 4.42 Å². The second-order valence-corrected chi connectivity index (χ2v) is 5.94. The molecule has 0 bridgehead atoms. The van der Waals surface area contributed by atoms with Gasteiger partial charge in [-0.05, 0) is 31.3 Å². The van der Waals surface area contributed by atoms with Gasteiger partial charge in [0.2, 0.25) is 11.8 Å². The number of rotatable bonds is 5. The van der Waals surface area contributed by atoms with Gasteiger partial charge in [0.15, 0.2) is 0 Å². The molecule has 0 aliphatic rings. The summed E-state index contributed by atoms with van der Waals surface area (Å²) in [6.45, 7) is 0.883. The lowest BCUT2D eigenvalue weighted by molar-refractivity contribution is 0.276. The Hall–Kier alpha value is -3.39. The maximum atomic E-state index is 12.1. The summed E-state index contributed by atoms with van der Waals surface area (Å²) in [6, 6.07) is 10.9. The standard InChI is InChI=1S/C18H16N6O2/c1-24(10-15-20-14-7-3-2-6-13(14)17(25)21-15)11-16-22-23-18(26-16)12-5-4-8-19-9-12/h2-9H,10-11H2,1H3,(H,20,21,25). The first-order valence-electron chi connectivity index (χ1n) is 8.08. The normalized spacial score (nSPS) is 11.3. The predicted molar refractivity (Wildman–Crippen MR) is 95.1 cm³/mol. The van der Waals surface area contributed by atoms with E-state index in [0.717, 1.165) is 5.56 Å². The van der Waals surface area contributed by atoms with Crippen molar-refractivity contribution in [2.45, 2.75) is 13.1 Å². The fourth-order valence-electron chi connectivity index (χ4n) is 2.68. The largest absolute Gasteiger partial charge is 0.419 e. The van der Waals surface area contributed by atoms with Crippen molar-refractivity contribution in [1.29, 1.82) is 0 Å². The molecular weight excluding hydrogens is 332 g/mol. The van der Waals surface area contributed by atoms with Crippen LogP contribution in [0.2, 0.25) is 0 Å². The first-order chi connectivity index (χ1) is 12.7. The van der Waals surface area contributed by atoms with E-state index in [9.17, 15) is 4.79 Å². The first kappa shape index (κ1) is 16.1. The summed E-state index contributed by atoms with van der Waals surface area (Å²) < 4.78 is 5.68. The van der Waals surface area contributed by atoms with Crippen molar-refractivity contribution in [3.05, 3.63) is 70.9 Å². The molecule has 0 radical (unpaired) electrons. The minimum Gasteiger partial charge on any atom is -0.419 e. The molecule has 0 aliphatic heterocycles. The summed E-state index contributed by atoms with van der Waals surface area (Å²) in [6.07, 6.45) is 3.36. The predicted octanol–water partition coefficient (Wildman–Crippen LogP) is 2.00. The summed E-state index contributed by atoms with van der Waals surface area (Å²) in [5.74, 6) is 1.50. The van der Waals surface area contributed by atoms with Crippen molar-refractivity contribution in [2.75, 3.05) is 7.05 Å². The number of aromatic nitrogens is 5. The third-order valence-corrected chi connectivity index (χ3v) is 3.86. The molecule has 0 saturated carbocycles. The molecule has 0 aliphatic carbocycles. The number of pyridine rings is 1. The zero-order chi connectivity index (χ0) is 17.9. The van der Waals surface area contributed by atoms with Gasteiger partial charge in [-0.15, -0.1) is 10.2 Å². The summed E-state index contributed by atoms with van der Waals surface area (Å²) in [5.41, 5.74) is 1.31. The summed E-state index contributed by atoms with van der Waals surface area (Å²) in [7, 11) is 1.89. The van der Waals surface area contributed by atoms with Gasteiger partial charge < -0.3 is 9.40 Å². The highest BCUT2D eigenvalue weighted by atomic mass is 16.4. The highest BCUT2D eigenvalue weighted by Crippen LogP contribution is 2.16. The van der Waals surface area contributed by atoms with E-state index in [0.29, 0.717) is 41.6 Å². The Bertz CT molecular complexity index is 1090. The molecule has 130 valence electrons. The second kappa shape index (κ2) is 6.85. The Kier molecular flexibility index (Phi) is 4.24. The molecule has 26 heavy (non-hydrogen) atoms. The van der Waals surface area contributed by atoms with Gasteiger partial charge in [0.05, 0.1) is 29.6 Å². The number of para-hydroxylation sites is 1. The molecule has 0 saturated heterocycles. The minimum absolute atomic E-state index is 0.143. The average Bonchev–Trinajstić information content (AvgIpc) is 3.11. The third-order valence-electron chi connectivity index (χ3n) is 3.86. The van der Waals surface area contributed by atoms with E-state index >= 15 is 0 Å². The molecule has 1 aromatic carbocycles. The Morgan fingerprint density at radius 2 is 2.00 bits per heavy atom. The lowest BCUT2D eigenvalue weighted by atomic mass is 10.2. The molecule has 3 heterocycles. The van der Waals surface area contributed by atoms with Crippen LogP contribution in [0.25, 0.3) is 22.4 Å². The van der Waals surface area contributed by atoms with Crippen molar-refractivity contribution < 1.29 is 4.42 Å². The molecule has 1 N–H and O–H groups in total. The lowest BCUT2D eigenvalue weighted by Crippen LogP contribution is -2.22. The molecule has 4 rings (SSSR count). The van der Waals surface area contributed by atoms with Crippen LogP contribution in [-0.2, 0) is 13.1 Å². The molecule has 0 amide bonds. The fourth-order valence-corrected chi connectivity index (χ4v) is 2.68. The third kappa shape index (κ3) is 3.35. The van der Waals surface area contributed by atoms with Gasteiger partial charge >= 0.3 is 0 Å². The number of nitrogens with one attached hydrogen (secondary N) is 1. The zero-order valence-electron chi connectivity index (χ0n) is 14.1. The maximum absolute atomic E-state index is 12.1. The second-order valence-electron chi connectivity index (χ2n) is 5.94. The topological polar surface area (TPSA) is 101 Å². The number of hydrogen-bond acceptors (Lipinski definition) is 7. The van der Waals surface area contributed by atoms with Crippen LogP contribution >= 0.6 is 0 Å². The molecule has 0 spiro atoms. The van der Waals surface area contributed by atoms with E-state index in [-0.39, 0.29) is 5.56 Å². The average molecular weight is 348 g/mol. The van der Waals surface area contributed by atoms with E-state index in [2.05, 4.69) is 25.1 Å². The van der Waals surface area contributed by atoms with Crippen LogP contribution in [-0.4, -0.2) is 37.1 Å². The van der Waals surface area contributed by atoms with Gasteiger partial charge in [0.25, 0.3) is 5.56 Å². The van der Waals surface area contributed by atoms with E-state index in [1.54, 1.807) is 18.5 Å². The minimum atomic E-state index is -0.143. The Morgan fingerprint density at radius 3 is 2.85 bits per heavy atom. The van der Waals surface area contributed by atoms with Crippen LogP contribution < -0.4 is 5.56 Å². The van der Waals surface area contributed by atoms with Gasteiger partial charge in [-0.3, -0.25) is 14.7 Å². The Labute approximate surface area is 148 Å². The molecule has 0 unspecified atom stereocenters. The molecule has 4 aromatic rings. The van der Waals surface area contributed by atoms with Gasteiger partial charge in [0.1, 0.15) is 5.82 Å². The molecular formula is C18H16N6O2. The summed E-state index contributed by atoms with van der Waals surface area (Å²) in [5, 5.41) is 8.69. The number of aromatic amines is 1. The SMILES string of the molecule is CN(Cc1nc2ccccc2c(=O)[nH]1)Cc1nnc(-c2cccnc2)o1. The maximum Gasteiger partial charge on any atom is 0.258 e.